The summed E-state index contributed by atoms with van der Waals surface area (Å²) in [7, 11) is 0. The molecule has 2 aromatic rings. The van der Waals surface area contributed by atoms with E-state index >= 15 is 0 Å². The van der Waals surface area contributed by atoms with Gasteiger partial charge in [0.05, 0.1) is 0 Å². The van der Waals surface area contributed by atoms with E-state index in [9.17, 15) is 0 Å². The monoisotopic (exact) mass is 436 g/mol. The molecule has 23 heavy (non-hydrogen) atoms. The van der Waals surface area contributed by atoms with Gasteiger partial charge in [0.1, 0.15) is 0 Å². The van der Waals surface area contributed by atoms with E-state index in [1.807, 2.05) is 128 Å². The third-order valence-corrected chi connectivity index (χ3v) is 1.33. The van der Waals surface area contributed by atoms with E-state index in [-0.39, 0.29) is 0 Å². The van der Waals surface area contributed by atoms with Gasteiger partial charge in [-0.15, -0.1) is 0 Å². The van der Waals surface area contributed by atoms with Crippen LogP contribution in [0.2, 0.25) is 9.94 Å². The van der Waals surface area contributed by atoms with Crippen LogP contribution in [-0.4, -0.2) is 20.9 Å². The molecule has 0 unspecified atom stereocenters. The molecule has 0 N–H and O–H groups in total. The number of hydrogen-bond acceptors (Lipinski definition) is 0. The van der Waals surface area contributed by atoms with Crippen LogP contribution < -0.4 is 0 Å². The van der Waals surface area contributed by atoms with Crippen LogP contribution in [0.5, 0.6) is 0 Å². The quantitative estimate of drug-likeness (QED) is 0.366. The molecular formula is C22H42Te. The van der Waals surface area contributed by atoms with Gasteiger partial charge in [-0.3, -0.25) is 0 Å². The number of benzene rings is 2. The Hall–Kier alpha value is -0.770. The van der Waals surface area contributed by atoms with Crippen molar-refractivity contribution in [2.75, 3.05) is 0 Å². The summed E-state index contributed by atoms with van der Waals surface area (Å²) in [6, 6.07) is 24.0. The largest absolute Gasteiger partial charge is 0.0623 e. The fourth-order valence-electron chi connectivity index (χ4n) is 0.770. The van der Waals surface area contributed by atoms with Crippen molar-refractivity contribution in [2.45, 2.75) is 65.3 Å². The van der Waals surface area contributed by atoms with Crippen LogP contribution in [0.4, 0.5) is 0 Å². The van der Waals surface area contributed by atoms with Crippen molar-refractivity contribution >= 4 is 20.9 Å². The first kappa shape index (κ1) is 33.7. The molecule has 0 aliphatic rings. The Morgan fingerprint density at radius 1 is 0.304 bits per heavy atom. The second kappa shape index (κ2) is 58.1. The van der Waals surface area contributed by atoms with Crippen LogP contribution in [0.1, 0.15) is 55.4 Å². The minimum Gasteiger partial charge on any atom is -0.0623 e. The molecule has 136 valence electrons. The molecule has 0 aromatic heterocycles. The predicted octanol–water partition coefficient (Wildman–Crippen LogP) is 8.26. The van der Waals surface area contributed by atoms with Crippen LogP contribution in [0.25, 0.3) is 0 Å². The molecule has 1 heteroatoms. The number of hydrogen-bond donors (Lipinski definition) is 0. The Morgan fingerprint density at radius 2 is 0.348 bits per heavy atom. The first-order chi connectivity index (χ1) is 11.4. The molecule has 0 aliphatic heterocycles. The standard InChI is InChI=1S/2C6H6.C2H6Te.4C2H6/c2*1-2-4-6-5-3-1;1-3-2;4*1-2/h2*1-6H;1-2H3;4*1-2H3. The third kappa shape index (κ3) is 62.3. The molecule has 0 fully saturated rings. The van der Waals surface area contributed by atoms with Crippen molar-refractivity contribution in [3.63, 3.8) is 0 Å². The average Bonchev–Trinajstić information content (AvgIpc) is 2.72. The Kier molecular flexibility index (Phi) is 85.2. The van der Waals surface area contributed by atoms with E-state index in [2.05, 4.69) is 9.94 Å². The van der Waals surface area contributed by atoms with Gasteiger partial charge in [0.15, 0.2) is 0 Å². The molecular weight excluding hydrogens is 392 g/mol. The molecule has 0 heterocycles. The molecule has 2 aromatic carbocycles. The molecule has 0 spiro atoms. The third-order valence-electron chi connectivity index (χ3n) is 1.33. The van der Waals surface area contributed by atoms with Crippen LogP contribution in [0.3, 0.4) is 0 Å². The second-order valence-electron chi connectivity index (χ2n) is 2.72. The van der Waals surface area contributed by atoms with Gasteiger partial charge in [-0.2, -0.15) is 0 Å². The van der Waals surface area contributed by atoms with Crippen LogP contribution in [-0.2, 0) is 0 Å². The predicted molar refractivity (Wildman–Crippen MR) is 116 cm³/mol. The maximum atomic E-state index is 2.26. The van der Waals surface area contributed by atoms with Crippen molar-refractivity contribution in [2.24, 2.45) is 0 Å². The Balaban J connectivity index is -0.0000000598. The summed E-state index contributed by atoms with van der Waals surface area (Å²) < 4.78 is 0. The summed E-state index contributed by atoms with van der Waals surface area (Å²) in [6.07, 6.45) is 0. The Bertz CT molecular complexity index is 194. The van der Waals surface area contributed by atoms with E-state index in [4.69, 9.17) is 0 Å². The summed E-state index contributed by atoms with van der Waals surface area (Å²) in [5.74, 6) is 0. The molecule has 0 nitrogen and oxygen atoms in total. The van der Waals surface area contributed by atoms with E-state index in [0.29, 0.717) is 20.9 Å². The zero-order valence-corrected chi connectivity index (χ0v) is 19.7. The van der Waals surface area contributed by atoms with Gasteiger partial charge in [0.2, 0.25) is 0 Å². The first-order valence-electron chi connectivity index (χ1n) is 8.82. The maximum Gasteiger partial charge on any atom is -0.0623 e. The smallest absolute Gasteiger partial charge is 0.0623 e. The van der Waals surface area contributed by atoms with E-state index in [0.717, 1.165) is 0 Å². The average molecular weight is 434 g/mol. The summed E-state index contributed by atoms with van der Waals surface area (Å²) in [4.78, 5) is 4.51. The minimum absolute atomic E-state index is 0.470. The molecule has 0 atom stereocenters. The molecule has 0 radical (unpaired) electrons. The van der Waals surface area contributed by atoms with Gasteiger partial charge in [-0.1, -0.05) is 128 Å². The van der Waals surface area contributed by atoms with Crippen molar-refractivity contribution in [1.29, 1.82) is 0 Å². The SMILES string of the molecule is CC.CC.CC.CC.C[Te]C.c1ccccc1.c1ccccc1. The van der Waals surface area contributed by atoms with Gasteiger partial charge >= 0.3 is 30.9 Å². The summed E-state index contributed by atoms with van der Waals surface area (Å²) in [6.45, 7) is 16.0. The molecule has 0 saturated heterocycles. The van der Waals surface area contributed by atoms with Gasteiger partial charge in [0, 0.05) is 0 Å². The molecule has 0 saturated carbocycles. The molecule has 2 rings (SSSR count). The Labute approximate surface area is 158 Å². The summed E-state index contributed by atoms with van der Waals surface area (Å²) >= 11 is 0.470. The fourth-order valence-corrected chi connectivity index (χ4v) is 0.770. The summed E-state index contributed by atoms with van der Waals surface area (Å²) in [5, 5.41) is 0. The second-order valence-corrected chi connectivity index (χ2v) is 5.05. The zero-order valence-electron chi connectivity index (χ0n) is 17.3. The van der Waals surface area contributed by atoms with Crippen LogP contribution in [0.15, 0.2) is 72.8 Å². The van der Waals surface area contributed by atoms with Crippen molar-refractivity contribution in [3.8, 4) is 0 Å². The van der Waals surface area contributed by atoms with Gasteiger partial charge in [-0.25, -0.2) is 0 Å². The van der Waals surface area contributed by atoms with Gasteiger partial charge in [-0.05, 0) is 0 Å². The first-order valence-corrected chi connectivity index (χ1v) is 13.5. The molecule has 0 aliphatic carbocycles. The van der Waals surface area contributed by atoms with Crippen molar-refractivity contribution in [3.05, 3.63) is 72.8 Å². The van der Waals surface area contributed by atoms with E-state index < -0.39 is 0 Å². The normalized spacial score (nSPS) is 6.00. The van der Waals surface area contributed by atoms with E-state index in [1.165, 1.54) is 0 Å². The molecule has 0 bridgehead atoms. The fraction of sp³-hybridized carbons (Fsp3) is 0.455. The topological polar surface area (TPSA) is 0 Å². The van der Waals surface area contributed by atoms with Gasteiger partial charge in [0.25, 0.3) is 0 Å². The van der Waals surface area contributed by atoms with Crippen LogP contribution in [0, 0.1) is 0 Å². The number of rotatable bonds is 0. The Morgan fingerprint density at radius 3 is 0.391 bits per heavy atom. The minimum atomic E-state index is 0.470. The van der Waals surface area contributed by atoms with Crippen LogP contribution >= 0.6 is 0 Å². The van der Waals surface area contributed by atoms with Crippen molar-refractivity contribution < 1.29 is 0 Å². The zero-order chi connectivity index (χ0) is 19.2. The summed E-state index contributed by atoms with van der Waals surface area (Å²) in [5.41, 5.74) is 0. The van der Waals surface area contributed by atoms with Crippen molar-refractivity contribution in [1.82, 2.24) is 0 Å². The maximum absolute atomic E-state index is 2.26. The van der Waals surface area contributed by atoms with E-state index in [1.54, 1.807) is 0 Å². The van der Waals surface area contributed by atoms with Gasteiger partial charge < -0.3 is 0 Å². The molecule has 0 amide bonds.